The minimum absolute atomic E-state index is 0.335. The smallest absolute Gasteiger partial charge is 0.191 e. The van der Waals surface area contributed by atoms with Crippen molar-refractivity contribution in [3.8, 4) is 0 Å². The monoisotopic (exact) mass is 335 g/mol. The van der Waals surface area contributed by atoms with Gasteiger partial charge in [-0.15, -0.1) is 0 Å². The summed E-state index contributed by atoms with van der Waals surface area (Å²) in [4.78, 5) is 4.87. The number of hydrogen-bond donors (Lipinski definition) is 2. The molecule has 1 aromatic rings. The molecule has 0 atom stereocenters. The first-order valence-corrected chi connectivity index (χ1v) is 9.16. The third-order valence-corrected chi connectivity index (χ3v) is 4.88. The van der Waals surface area contributed by atoms with E-state index in [0.29, 0.717) is 5.41 Å². The molecule has 2 rings (SSSR count). The Morgan fingerprint density at radius 2 is 2.17 bits per heavy atom. The van der Waals surface area contributed by atoms with Crippen molar-refractivity contribution in [1.82, 2.24) is 20.4 Å². The molecule has 2 N–H and O–H groups in total. The Labute approximate surface area is 146 Å². The van der Waals surface area contributed by atoms with Crippen molar-refractivity contribution in [1.29, 1.82) is 0 Å². The van der Waals surface area contributed by atoms with Crippen LogP contribution in [0.1, 0.15) is 44.6 Å². The van der Waals surface area contributed by atoms with E-state index in [9.17, 15) is 0 Å². The fourth-order valence-corrected chi connectivity index (χ4v) is 3.45. The van der Waals surface area contributed by atoms with Crippen LogP contribution in [0.5, 0.6) is 0 Å². The predicted octanol–water partition coefficient (Wildman–Crippen LogP) is 2.11. The second-order valence-electron chi connectivity index (χ2n) is 6.84. The van der Waals surface area contributed by atoms with Crippen LogP contribution in [0, 0.1) is 5.41 Å². The molecule has 24 heavy (non-hydrogen) atoms. The van der Waals surface area contributed by atoms with Crippen LogP contribution in [0.2, 0.25) is 0 Å². The third-order valence-electron chi connectivity index (χ3n) is 4.88. The molecule has 0 aliphatic heterocycles. The molecule has 1 aliphatic rings. The second kappa shape index (κ2) is 9.67. The summed E-state index contributed by atoms with van der Waals surface area (Å²) < 4.78 is 7.15. The average molecular weight is 335 g/mol. The Hall–Kier alpha value is -1.56. The van der Waals surface area contributed by atoms with Gasteiger partial charge in [-0.1, -0.05) is 12.8 Å². The van der Waals surface area contributed by atoms with Gasteiger partial charge in [0.25, 0.3) is 0 Å². The lowest BCUT2D eigenvalue weighted by atomic mass is 9.83. The Morgan fingerprint density at radius 3 is 2.79 bits per heavy atom. The molecule has 0 unspecified atom stereocenters. The summed E-state index contributed by atoms with van der Waals surface area (Å²) in [5, 5.41) is 11.0. The summed E-state index contributed by atoms with van der Waals surface area (Å²) in [6, 6.07) is 0. The fourth-order valence-electron chi connectivity index (χ4n) is 3.45. The highest BCUT2D eigenvalue weighted by atomic mass is 16.5. The molecule has 1 aromatic heterocycles. The number of guanidine groups is 1. The number of aryl methyl sites for hydroxylation is 1. The van der Waals surface area contributed by atoms with Gasteiger partial charge in [-0.2, -0.15) is 5.10 Å². The van der Waals surface area contributed by atoms with E-state index in [1.165, 1.54) is 31.2 Å². The van der Waals surface area contributed by atoms with Crippen molar-refractivity contribution >= 4 is 5.96 Å². The van der Waals surface area contributed by atoms with Gasteiger partial charge in [0.05, 0.1) is 6.20 Å². The standard InChI is InChI=1S/C18H33N5O/c1-4-19-17(20-11-7-16-13-22-23(2)14-16)21-15-18(10-12-24-3)8-5-6-9-18/h13-14H,4-12,15H2,1-3H3,(H2,19,20,21). The average Bonchev–Trinajstić information content (AvgIpc) is 3.20. The van der Waals surface area contributed by atoms with Gasteiger partial charge in [-0.3, -0.25) is 9.67 Å². The molecule has 0 spiro atoms. The van der Waals surface area contributed by atoms with E-state index in [1.54, 1.807) is 7.11 Å². The topological polar surface area (TPSA) is 63.5 Å². The van der Waals surface area contributed by atoms with Crippen LogP contribution in [0.25, 0.3) is 0 Å². The molecule has 6 heteroatoms. The van der Waals surface area contributed by atoms with Crippen molar-refractivity contribution in [3.63, 3.8) is 0 Å². The van der Waals surface area contributed by atoms with Crippen molar-refractivity contribution in [2.45, 2.75) is 45.4 Å². The molecule has 0 saturated heterocycles. The van der Waals surface area contributed by atoms with Gasteiger partial charge in [-0.25, -0.2) is 0 Å². The van der Waals surface area contributed by atoms with Gasteiger partial charge < -0.3 is 15.4 Å². The number of hydrogen-bond acceptors (Lipinski definition) is 3. The van der Waals surface area contributed by atoms with Crippen LogP contribution in [0.3, 0.4) is 0 Å². The van der Waals surface area contributed by atoms with Gasteiger partial charge in [0.15, 0.2) is 5.96 Å². The van der Waals surface area contributed by atoms with Crippen LogP contribution in [0.4, 0.5) is 0 Å². The number of nitrogens with zero attached hydrogens (tertiary/aromatic N) is 3. The highest BCUT2D eigenvalue weighted by Crippen LogP contribution is 2.41. The van der Waals surface area contributed by atoms with E-state index in [4.69, 9.17) is 9.73 Å². The summed E-state index contributed by atoms with van der Waals surface area (Å²) >= 11 is 0. The fraction of sp³-hybridized carbons (Fsp3) is 0.778. The molecule has 1 aliphatic carbocycles. The summed E-state index contributed by atoms with van der Waals surface area (Å²) in [5.41, 5.74) is 1.58. The number of aromatic nitrogens is 2. The predicted molar refractivity (Wildman–Crippen MR) is 98.3 cm³/mol. The molecule has 0 amide bonds. The van der Waals surface area contributed by atoms with Crippen molar-refractivity contribution in [2.24, 2.45) is 17.5 Å². The van der Waals surface area contributed by atoms with Crippen molar-refractivity contribution < 1.29 is 4.74 Å². The van der Waals surface area contributed by atoms with E-state index in [1.807, 2.05) is 17.9 Å². The van der Waals surface area contributed by atoms with E-state index in [-0.39, 0.29) is 0 Å². The van der Waals surface area contributed by atoms with Crippen LogP contribution in [0.15, 0.2) is 17.4 Å². The van der Waals surface area contributed by atoms with Crippen LogP contribution < -0.4 is 10.6 Å². The second-order valence-corrected chi connectivity index (χ2v) is 6.84. The van der Waals surface area contributed by atoms with Crippen LogP contribution >= 0.6 is 0 Å². The molecular weight excluding hydrogens is 302 g/mol. The lowest BCUT2D eigenvalue weighted by Crippen LogP contribution is -2.39. The van der Waals surface area contributed by atoms with Gasteiger partial charge in [0.1, 0.15) is 0 Å². The normalized spacial score (nSPS) is 17.2. The zero-order chi connectivity index (χ0) is 17.3. The summed E-state index contributed by atoms with van der Waals surface area (Å²) in [6.45, 7) is 5.57. The van der Waals surface area contributed by atoms with Crippen molar-refractivity contribution in [3.05, 3.63) is 18.0 Å². The number of rotatable bonds is 9. The number of aliphatic imine (C=N–C) groups is 1. The molecular formula is C18H33N5O. The molecule has 6 nitrogen and oxygen atoms in total. The largest absolute Gasteiger partial charge is 0.385 e. The van der Waals surface area contributed by atoms with Gasteiger partial charge in [-0.05, 0) is 43.6 Å². The molecule has 0 radical (unpaired) electrons. The Kier molecular flexibility index (Phi) is 7.56. The zero-order valence-corrected chi connectivity index (χ0v) is 15.5. The number of ether oxygens (including phenoxy) is 1. The molecule has 0 bridgehead atoms. The number of methoxy groups -OCH3 is 1. The highest BCUT2D eigenvalue weighted by molar-refractivity contribution is 5.79. The third kappa shape index (κ3) is 5.82. The molecule has 1 fully saturated rings. The summed E-state index contributed by atoms with van der Waals surface area (Å²) in [5.74, 6) is 0.921. The highest BCUT2D eigenvalue weighted by Gasteiger charge is 2.33. The molecule has 1 saturated carbocycles. The summed E-state index contributed by atoms with van der Waals surface area (Å²) in [6.07, 6.45) is 11.2. The maximum absolute atomic E-state index is 5.31. The van der Waals surface area contributed by atoms with E-state index < -0.39 is 0 Å². The lowest BCUT2D eigenvalue weighted by Gasteiger charge is -2.27. The first-order valence-electron chi connectivity index (χ1n) is 9.16. The molecule has 136 valence electrons. The van der Waals surface area contributed by atoms with E-state index >= 15 is 0 Å². The van der Waals surface area contributed by atoms with E-state index in [2.05, 4.69) is 28.9 Å². The van der Waals surface area contributed by atoms with Crippen LogP contribution in [-0.4, -0.2) is 49.1 Å². The maximum atomic E-state index is 5.31. The van der Waals surface area contributed by atoms with E-state index in [0.717, 1.165) is 45.0 Å². The Bertz CT molecular complexity index is 505. The van der Waals surface area contributed by atoms with Gasteiger partial charge in [0, 0.05) is 46.6 Å². The number of nitrogens with one attached hydrogen (secondary N) is 2. The SMILES string of the molecule is CCNC(=NCC1(CCOC)CCCC1)NCCc1cnn(C)c1. The molecule has 1 heterocycles. The first-order chi connectivity index (χ1) is 11.7. The van der Waals surface area contributed by atoms with Crippen molar-refractivity contribution in [2.75, 3.05) is 33.4 Å². The maximum Gasteiger partial charge on any atom is 0.191 e. The Morgan fingerprint density at radius 1 is 1.38 bits per heavy atom. The zero-order valence-electron chi connectivity index (χ0n) is 15.5. The van der Waals surface area contributed by atoms with Gasteiger partial charge >= 0.3 is 0 Å². The lowest BCUT2D eigenvalue weighted by molar-refractivity contribution is 0.141. The van der Waals surface area contributed by atoms with Crippen LogP contribution in [-0.2, 0) is 18.2 Å². The minimum atomic E-state index is 0.335. The minimum Gasteiger partial charge on any atom is -0.385 e. The quantitative estimate of drug-likeness (QED) is 0.536. The Balaban J connectivity index is 1.86. The summed E-state index contributed by atoms with van der Waals surface area (Å²) in [7, 11) is 3.74. The molecule has 0 aromatic carbocycles. The van der Waals surface area contributed by atoms with Gasteiger partial charge in [0.2, 0.25) is 0 Å². The first kappa shape index (κ1) is 18.8.